The van der Waals surface area contributed by atoms with Crippen molar-refractivity contribution in [3.8, 4) is 17.0 Å². The summed E-state index contributed by atoms with van der Waals surface area (Å²) in [5.74, 6) is 1.29. The van der Waals surface area contributed by atoms with E-state index in [9.17, 15) is 0 Å². The van der Waals surface area contributed by atoms with Crippen LogP contribution in [0.15, 0.2) is 42.5 Å². The van der Waals surface area contributed by atoms with Crippen molar-refractivity contribution in [3.05, 3.63) is 53.9 Å². The smallest absolute Gasteiger partial charge is 0.137 e. The zero-order valence-electron chi connectivity index (χ0n) is 12.1. The third kappa shape index (κ3) is 2.49. The number of aromatic nitrogens is 2. The van der Waals surface area contributed by atoms with Gasteiger partial charge in [-0.15, -0.1) is 11.6 Å². The number of halogens is 1. The van der Waals surface area contributed by atoms with Crippen molar-refractivity contribution in [2.75, 3.05) is 6.61 Å². The van der Waals surface area contributed by atoms with E-state index in [-0.39, 0.29) is 0 Å². The number of imidazole rings is 1. The molecule has 3 nitrogen and oxygen atoms in total. The highest BCUT2D eigenvalue weighted by Gasteiger charge is 2.14. The van der Waals surface area contributed by atoms with Gasteiger partial charge in [-0.05, 0) is 50.2 Å². The minimum Gasteiger partial charge on any atom is -0.494 e. The van der Waals surface area contributed by atoms with Crippen molar-refractivity contribution in [3.63, 3.8) is 0 Å². The Morgan fingerprint density at radius 2 is 1.90 bits per heavy atom. The van der Waals surface area contributed by atoms with Gasteiger partial charge in [0.05, 0.1) is 23.9 Å². The van der Waals surface area contributed by atoms with E-state index >= 15 is 0 Å². The highest BCUT2D eigenvalue weighted by atomic mass is 35.5. The van der Waals surface area contributed by atoms with Crippen LogP contribution in [0.5, 0.6) is 5.75 Å². The average Bonchev–Trinajstić information content (AvgIpc) is 2.88. The first-order chi connectivity index (χ1) is 10.2. The van der Waals surface area contributed by atoms with Gasteiger partial charge in [-0.25, -0.2) is 4.98 Å². The van der Waals surface area contributed by atoms with Crippen LogP contribution in [0.4, 0.5) is 0 Å². The Hall–Kier alpha value is -2.00. The fourth-order valence-electron chi connectivity index (χ4n) is 2.56. The number of nitrogens with zero attached hydrogens (tertiary/aromatic N) is 2. The van der Waals surface area contributed by atoms with Crippen LogP contribution in [0.2, 0.25) is 0 Å². The summed E-state index contributed by atoms with van der Waals surface area (Å²) in [6, 6.07) is 14.1. The number of benzene rings is 1. The second-order valence-corrected chi connectivity index (χ2v) is 5.13. The second-order valence-electron chi connectivity index (χ2n) is 4.86. The number of pyridine rings is 1. The summed E-state index contributed by atoms with van der Waals surface area (Å²) >= 11 is 6.17. The fraction of sp³-hybridized carbons (Fsp3) is 0.235. The lowest BCUT2D eigenvalue weighted by atomic mass is 10.1. The number of ether oxygens (including phenoxy) is 1. The first kappa shape index (κ1) is 14.0. The van der Waals surface area contributed by atoms with Gasteiger partial charge in [0.2, 0.25) is 0 Å². The van der Waals surface area contributed by atoms with Gasteiger partial charge in [0.25, 0.3) is 0 Å². The van der Waals surface area contributed by atoms with Crippen LogP contribution >= 0.6 is 11.6 Å². The van der Waals surface area contributed by atoms with Crippen LogP contribution in [0.1, 0.15) is 18.3 Å². The molecule has 1 aromatic carbocycles. The van der Waals surface area contributed by atoms with E-state index in [0.717, 1.165) is 34.0 Å². The maximum atomic E-state index is 6.17. The minimum absolute atomic E-state index is 0.425. The van der Waals surface area contributed by atoms with Gasteiger partial charge in [0.1, 0.15) is 11.4 Å². The molecule has 108 valence electrons. The molecule has 0 bridgehead atoms. The average molecular weight is 301 g/mol. The molecule has 2 aromatic heterocycles. The van der Waals surface area contributed by atoms with Gasteiger partial charge in [-0.3, -0.25) is 4.40 Å². The maximum Gasteiger partial charge on any atom is 0.137 e. The summed E-state index contributed by atoms with van der Waals surface area (Å²) in [7, 11) is 0. The van der Waals surface area contributed by atoms with Crippen LogP contribution < -0.4 is 4.74 Å². The van der Waals surface area contributed by atoms with Gasteiger partial charge in [0.15, 0.2) is 0 Å². The minimum atomic E-state index is 0.425. The molecule has 0 aliphatic rings. The number of alkyl halides is 1. The third-order valence-electron chi connectivity index (χ3n) is 3.50. The topological polar surface area (TPSA) is 26.5 Å². The van der Waals surface area contributed by atoms with Crippen LogP contribution in [-0.2, 0) is 5.88 Å². The SMILES string of the molecule is CCOc1ccc(-c2nc3cccc(C)n3c2CCl)cc1. The lowest BCUT2D eigenvalue weighted by molar-refractivity contribution is 0.340. The Morgan fingerprint density at radius 3 is 2.57 bits per heavy atom. The Bertz CT molecular complexity index is 762. The summed E-state index contributed by atoms with van der Waals surface area (Å²) < 4.78 is 7.59. The zero-order chi connectivity index (χ0) is 14.8. The molecule has 3 rings (SSSR count). The summed E-state index contributed by atoms with van der Waals surface area (Å²) in [6.07, 6.45) is 0. The van der Waals surface area contributed by atoms with Crippen molar-refractivity contribution in [1.29, 1.82) is 0 Å². The van der Waals surface area contributed by atoms with E-state index in [4.69, 9.17) is 21.3 Å². The molecule has 0 unspecified atom stereocenters. The first-order valence-electron chi connectivity index (χ1n) is 7.00. The fourth-order valence-corrected chi connectivity index (χ4v) is 2.80. The molecule has 0 saturated carbocycles. The van der Waals surface area contributed by atoms with Crippen molar-refractivity contribution < 1.29 is 4.74 Å². The van der Waals surface area contributed by atoms with Crippen molar-refractivity contribution in [1.82, 2.24) is 9.38 Å². The molecular weight excluding hydrogens is 284 g/mol. The Labute approximate surface area is 129 Å². The van der Waals surface area contributed by atoms with Crippen molar-refractivity contribution >= 4 is 17.2 Å². The maximum absolute atomic E-state index is 6.17. The Morgan fingerprint density at radius 1 is 1.14 bits per heavy atom. The highest BCUT2D eigenvalue weighted by Crippen LogP contribution is 2.28. The lowest BCUT2D eigenvalue weighted by Crippen LogP contribution is -1.95. The van der Waals surface area contributed by atoms with Crippen LogP contribution in [0.25, 0.3) is 16.9 Å². The molecule has 2 heterocycles. The number of hydrogen-bond acceptors (Lipinski definition) is 2. The molecule has 0 fully saturated rings. The predicted molar refractivity (Wildman–Crippen MR) is 86.1 cm³/mol. The third-order valence-corrected chi connectivity index (χ3v) is 3.75. The van der Waals surface area contributed by atoms with Crippen LogP contribution in [-0.4, -0.2) is 16.0 Å². The van der Waals surface area contributed by atoms with E-state index in [1.165, 1.54) is 0 Å². The quantitative estimate of drug-likeness (QED) is 0.666. The molecule has 0 radical (unpaired) electrons. The number of hydrogen-bond donors (Lipinski definition) is 0. The van der Waals surface area contributed by atoms with Gasteiger partial charge < -0.3 is 4.74 Å². The number of rotatable bonds is 4. The number of fused-ring (bicyclic) bond motifs is 1. The molecule has 3 aromatic rings. The van der Waals surface area contributed by atoms with Crippen LogP contribution in [0.3, 0.4) is 0 Å². The molecule has 4 heteroatoms. The summed E-state index contributed by atoms with van der Waals surface area (Å²) in [6.45, 7) is 4.71. The summed E-state index contributed by atoms with van der Waals surface area (Å²) in [4.78, 5) is 4.73. The van der Waals surface area contributed by atoms with E-state index < -0.39 is 0 Å². The molecule has 0 aliphatic carbocycles. The molecule has 21 heavy (non-hydrogen) atoms. The Balaban J connectivity index is 2.13. The summed E-state index contributed by atoms with van der Waals surface area (Å²) in [5, 5.41) is 0. The first-order valence-corrected chi connectivity index (χ1v) is 7.54. The number of aryl methyl sites for hydroxylation is 1. The zero-order valence-corrected chi connectivity index (χ0v) is 12.9. The molecule has 0 saturated heterocycles. The van der Waals surface area contributed by atoms with E-state index in [1.54, 1.807) is 0 Å². The molecule has 0 aliphatic heterocycles. The van der Waals surface area contributed by atoms with Gasteiger partial charge in [-0.2, -0.15) is 0 Å². The highest BCUT2D eigenvalue weighted by molar-refractivity contribution is 6.17. The predicted octanol–water partition coefficient (Wildman–Crippen LogP) is 4.45. The molecule has 0 N–H and O–H groups in total. The van der Waals surface area contributed by atoms with Crippen LogP contribution in [0, 0.1) is 6.92 Å². The molecule has 0 spiro atoms. The van der Waals surface area contributed by atoms with E-state index in [2.05, 4.69) is 17.4 Å². The van der Waals surface area contributed by atoms with Gasteiger partial charge in [-0.1, -0.05) is 6.07 Å². The molecular formula is C17H17ClN2O. The standard InChI is InChI=1S/C17H17ClN2O/c1-3-21-14-9-7-13(8-10-14)17-15(11-18)20-12(2)5-4-6-16(20)19-17/h4-10H,3,11H2,1-2H3. The van der Waals surface area contributed by atoms with E-state index in [1.807, 2.05) is 43.3 Å². The molecule has 0 amide bonds. The van der Waals surface area contributed by atoms with Crippen molar-refractivity contribution in [2.24, 2.45) is 0 Å². The van der Waals surface area contributed by atoms with E-state index in [0.29, 0.717) is 12.5 Å². The molecule has 0 atom stereocenters. The van der Waals surface area contributed by atoms with Gasteiger partial charge in [0, 0.05) is 11.3 Å². The lowest BCUT2D eigenvalue weighted by Gasteiger charge is -2.06. The Kier molecular flexibility index (Phi) is 3.84. The largest absolute Gasteiger partial charge is 0.494 e. The van der Waals surface area contributed by atoms with Crippen molar-refractivity contribution in [2.45, 2.75) is 19.7 Å². The normalized spacial score (nSPS) is 11.0. The summed E-state index contributed by atoms with van der Waals surface area (Å²) in [5.41, 5.74) is 5.07. The monoisotopic (exact) mass is 300 g/mol. The van der Waals surface area contributed by atoms with Gasteiger partial charge >= 0.3 is 0 Å². The second kappa shape index (κ2) is 5.78.